The highest BCUT2D eigenvalue weighted by molar-refractivity contribution is 7.88. The van der Waals surface area contributed by atoms with Gasteiger partial charge in [-0.25, -0.2) is 22.1 Å². The lowest BCUT2D eigenvalue weighted by molar-refractivity contribution is -0.126. The Morgan fingerprint density at radius 3 is 2.52 bits per heavy atom. The first kappa shape index (κ1) is 23.4. The second-order valence-electron chi connectivity index (χ2n) is 7.98. The van der Waals surface area contributed by atoms with Gasteiger partial charge in [0.05, 0.1) is 12.1 Å². The minimum Gasteiger partial charge on any atom is -0.352 e. The third kappa shape index (κ3) is 5.61. The van der Waals surface area contributed by atoms with Crippen LogP contribution in [0.5, 0.6) is 0 Å². The van der Waals surface area contributed by atoms with Gasteiger partial charge in [-0.05, 0) is 42.7 Å². The zero-order valence-electron chi connectivity index (χ0n) is 17.8. The van der Waals surface area contributed by atoms with E-state index >= 15 is 0 Å². The van der Waals surface area contributed by atoms with Crippen molar-refractivity contribution in [2.75, 3.05) is 13.1 Å². The molecule has 1 amide bonds. The molecule has 174 valence electrons. The standard InChI is InChI=1S/C23H24ClFN4O3S/c24-21-2-1-3-22(25)20(21)15-33(31,32)29-11-8-18(9-12-29)23(30)27-14-17-4-6-19(7-5-17)28-13-10-26-16-28/h1-7,10,13,16,18H,8-9,11-12,14-15H2,(H,27,30). The van der Waals surface area contributed by atoms with E-state index in [0.29, 0.717) is 19.4 Å². The Bertz CT molecular complexity index is 1190. The molecule has 1 saturated heterocycles. The number of carbonyl (C=O) groups is 1. The summed E-state index contributed by atoms with van der Waals surface area (Å²) in [4.78, 5) is 16.6. The number of sulfonamides is 1. The van der Waals surface area contributed by atoms with Crippen LogP contribution in [0.2, 0.25) is 5.02 Å². The van der Waals surface area contributed by atoms with Crippen LogP contribution in [0.4, 0.5) is 4.39 Å². The van der Waals surface area contributed by atoms with Gasteiger partial charge in [0.2, 0.25) is 15.9 Å². The molecule has 7 nitrogen and oxygen atoms in total. The SMILES string of the molecule is O=C(NCc1ccc(-n2ccnc2)cc1)C1CCN(S(=O)(=O)Cc2c(F)cccc2Cl)CC1. The van der Waals surface area contributed by atoms with Gasteiger partial charge in [0.25, 0.3) is 0 Å². The molecule has 3 aromatic rings. The summed E-state index contributed by atoms with van der Waals surface area (Å²) in [5.74, 6) is -1.50. The molecular weight excluding hydrogens is 467 g/mol. The lowest BCUT2D eigenvalue weighted by atomic mass is 9.97. The molecule has 0 atom stereocenters. The normalized spacial score (nSPS) is 15.5. The van der Waals surface area contributed by atoms with E-state index in [1.165, 1.54) is 22.5 Å². The molecule has 10 heteroatoms. The van der Waals surface area contributed by atoms with Crippen LogP contribution in [-0.4, -0.2) is 41.3 Å². The predicted molar refractivity (Wildman–Crippen MR) is 124 cm³/mol. The minimum absolute atomic E-state index is 0.0295. The number of benzene rings is 2. The fourth-order valence-corrected chi connectivity index (χ4v) is 5.79. The van der Waals surface area contributed by atoms with E-state index < -0.39 is 21.6 Å². The number of halogens is 2. The number of rotatable bonds is 7. The summed E-state index contributed by atoms with van der Waals surface area (Å²) in [6.45, 7) is 0.825. The van der Waals surface area contributed by atoms with Crippen molar-refractivity contribution in [3.8, 4) is 5.69 Å². The van der Waals surface area contributed by atoms with Crippen molar-refractivity contribution < 1.29 is 17.6 Å². The Balaban J connectivity index is 1.28. The van der Waals surface area contributed by atoms with Gasteiger partial charge in [-0.2, -0.15) is 0 Å². The summed E-state index contributed by atoms with van der Waals surface area (Å²) < 4.78 is 42.7. The molecule has 1 N–H and O–H groups in total. The smallest absolute Gasteiger partial charge is 0.223 e. The number of hydrogen-bond acceptors (Lipinski definition) is 4. The van der Waals surface area contributed by atoms with Crippen molar-refractivity contribution >= 4 is 27.5 Å². The van der Waals surface area contributed by atoms with Crippen molar-refractivity contribution in [2.45, 2.75) is 25.1 Å². The van der Waals surface area contributed by atoms with Gasteiger partial charge >= 0.3 is 0 Å². The quantitative estimate of drug-likeness (QED) is 0.549. The zero-order valence-corrected chi connectivity index (χ0v) is 19.4. The van der Waals surface area contributed by atoms with Crippen LogP contribution in [-0.2, 0) is 27.1 Å². The fraction of sp³-hybridized carbons (Fsp3) is 0.304. The van der Waals surface area contributed by atoms with Crippen molar-refractivity contribution in [1.29, 1.82) is 0 Å². The van der Waals surface area contributed by atoms with Crippen LogP contribution in [0.1, 0.15) is 24.0 Å². The van der Waals surface area contributed by atoms with E-state index in [9.17, 15) is 17.6 Å². The lowest BCUT2D eigenvalue weighted by Gasteiger charge is -2.30. The average molecular weight is 491 g/mol. The topological polar surface area (TPSA) is 84.3 Å². The number of carbonyl (C=O) groups excluding carboxylic acids is 1. The van der Waals surface area contributed by atoms with Crippen LogP contribution < -0.4 is 5.32 Å². The zero-order chi connectivity index (χ0) is 23.4. The molecule has 0 saturated carbocycles. The second kappa shape index (κ2) is 10.0. The molecule has 2 aromatic carbocycles. The Hall–Kier alpha value is -2.75. The van der Waals surface area contributed by atoms with Crippen LogP contribution in [0, 0.1) is 11.7 Å². The number of aromatic nitrogens is 2. The highest BCUT2D eigenvalue weighted by Gasteiger charge is 2.32. The number of imidazole rings is 1. The molecule has 0 aliphatic carbocycles. The first-order valence-electron chi connectivity index (χ1n) is 10.6. The maximum Gasteiger partial charge on any atom is 0.223 e. The second-order valence-corrected chi connectivity index (χ2v) is 10.4. The van der Waals surface area contributed by atoms with Crippen LogP contribution >= 0.6 is 11.6 Å². The van der Waals surface area contributed by atoms with Gasteiger partial charge in [-0.15, -0.1) is 0 Å². The monoisotopic (exact) mass is 490 g/mol. The number of piperidine rings is 1. The molecule has 1 fully saturated rings. The Kier molecular flexibility index (Phi) is 7.11. The molecule has 1 aromatic heterocycles. The summed E-state index contributed by atoms with van der Waals surface area (Å²) in [5, 5.41) is 3.03. The molecular formula is C23H24ClFN4O3S. The maximum atomic E-state index is 14.0. The highest BCUT2D eigenvalue weighted by atomic mass is 35.5. The summed E-state index contributed by atoms with van der Waals surface area (Å²) in [6, 6.07) is 11.9. The average Bonchev–Trinajstić information content (AvgIpc) is 3.35. The van der Waals surface area contributed by atoms with Crippen molar-refractivity contribution in [3.63, 3.8) is 0 Å². The molecule has 2 heterocycles. The minimum atomic E-state index is -3.74. The van der Waals surface area contributed by atoms with Gasteiger partial charge in [0.15, 0.2) is 0 Å². The van der Waals surface area contributed by atoms with E-state index in [2.05, 4.69) is 10.3 Å². The molecule has 0 bridgehead atoms. The predicted octanol–water partition coefficient (Wildman–Crippen LogP) is 3.52. The fourth-order valence-electron chi connectivity index (χ4n) is 3.87. The molecule has 1 aliphatic heterocycles. The third-order valence-electron chi connectivity index (χ3n) is 5.81. The summed E-state index contributed by atoms with van der Waals surface area (Å²) >= 11 is 5.98. The van der Waals surface area contributed by atoms with Crippen LogP contribution in [0.3, 0.4) is 0 Å². The van der Waals surface area contributed by atoms with E-state index in [0.717, 1.165) is 11.3 Å². The summed E-state index contributed by atoms with van der Waals surface area (Å²) in [5.41, 5.74) is 1.92. The first-order chi connectivity index (χ1) is 15.8. The molecule has 0 unspecified atom stereocenters. The maximum absolute atomic E-state index is 14.0. The summed E-state index contributed by atoms with van der Waals surface area (Å²) in [7, 11) is -3.74. The lowest BCUT2D eigenvalue weighted by Crippen LogP contribution is -2.43. The molecule has 0 radical (unpaired) electrons. The Morgan fingerprint density at radius 1 is 1.15 bits per heavy atom. The van der Waals surface area contributed by atoms with Gasteiger partial charge in [0.1, 0.15) is 5.82 Å². The number of nitrogens with zero attached hydrogens (tertiary/aromatic N) is 3. The molecule has 33 heavy (non-hydrogen) atoms. The Morgan fingerprint density at radius 2 is 1.88 bits per heavy atom. The van der Waals surface area contributed by atoms with Gasteiger partial charge in [0, 0.05) is 54.2 Å². The Labute approximate surface area is 197 Å². The molecule has 1 aliphatic rings. The number of hydrogen-bond donors (Lipinski definition) is 1. The van der Waals surface area contributed by atoms with E-state index in [1.807, 2.05) is 35.0 Å². The van der Waals surface area contributed by atoms with Gasteiger partial charge < -0.3 is 9.88 Å². The summed E-state index contributed by atoms with van der Waals surface area (Å²) in [6.07, 6.45) is 6.10. The molecule has 0 spiro atoms. The van der Waals surface area contributed by atoms with Crippen LogP contribution in [0.25, 0.3) is 5.69 Å². The van der Waals surface area contributed by atoms with E-state index in [4.69, 9.17) is 11.6 Å². The molecule has 4 rings (SSSR count). The van der Waals surface area contributed by atoms with Crippen LogP contribution in [0.15, 0.2) is 61.2 Å². The first-order valence-corrected chi connectivity index (χ1v) is 12.6. The van der Waals surface area contributed by atoms with Crippen molar-refractivity contribution in [1.82, 2.24) is 19.2 Å². The highest BCUT2D eigenvalue weighted by Crippen LogP contribution is 2.26. The van der Waals surface area contributed by atoms with Gasteiger partial charge in [-0.1, -0.05) is 29.8 Å². The van der Waals surface area contributed by atoms with E-state index in [1.54, 1.807) is 12.5 Å². The number of nitrogens with one attached hydrogen (secondary N) is 1. The van der Waals surface area contributed by atoms with Crippen molar-refractivity contribution in [3.05, 3.63) is 83.2 Å². The van der Waals surface area contributed by atoms with Gasteiger partial charge in [-0.3, -0.25) is 4.79 Å². The third-order valence-corrected chi connectivity index (χ3v) is 7.97. The van der Waals surface area contributed by atoms with Crippen molar-refractivity contribution in [2.24, 2.45) is 5.92 Å². The number of amides is 1. The van der Waals surface area contributed by atoms with E-state index in [-0.39, 0.29) is 35.5 Å². The largest absolute Gasteiger partial charge is 0.352 e.